The molecule has 0 atom stereocenters. The highest BCUT2D eigenvalue weighted by Gasteiger charge is 2.14. The Balaban J connectivity index is 1.92. The Hall–Kier alpha value is -2.62. The third-order valence-corrected chi connectivity index (χ3v) is 4.02. The first-order chi connectivity index (χ1) is 11.3. The summed E-state index contributed by atoms with van der Waals surface area (Å²) in [6, 6.07) is 10.2. The monoisotopic (exact) mass is 306 g/mol. The number of hydrogen-bond donors (Lipinski definition) is 1. The van der Waals surface area contributed by atoms with Gasteiger partial charge < -0.3 is 9.88 Å². The molecule has 3 rings (SSSR count). The maximum atomic E-state index is 4.44. The van der Waals surface area contributed by atoms with Crippen molar-refractivity contribution in [3.8, 4) is 0 Å². The number of rotatable bonds is 7. The fraction of sp³-hybridized carbons (Fsp3) is 0.263. The summed E-state index contributed by atoms with van der Waals surface area (Å²) < 4.78 is 0. The Morgan fingerprint density at radius 1 is 1.17 bits per heavy atom. The predicted octanol–water partition coefficient (Wildman–Crippen LogP) is 4.23. The molecular weight excluding hydrogens is 284 g/mol. The van der Waals surface area contributed by atoms with Crippen LogP contribution in [-0.2, 0) is 6.54 Å². The largest absolute Gasteiger partial charge is 0.364 e. The average molecular weight is 306 g/mol. The summed E-state index contributed by atoms with van der Waals surface area (Å²) in [6.07, 6.45) is 7.78. The van der Waals surface area contributed by atoms with Crippen molar-refractivity contribution >= 4 is 16.6 Å². The minimum Gasteiger partial charge on any atom is -0.364 e. The number of benzene rings is 1. The van der Waals surface area contributed by atoms with Crippen molar-refractivity contribution < 1.29 is 0 Å². The molecule has 4 heteroatoms. The number of unbranched alkanes of at least 4 members (excludes halogenated alkanes) is 1. The molecule has 0 aliphatic rings. The van der Waals surface area contributed by atoms with E-state index in [0.717, 1.165) is 53.9 Å². The van der Waals surface area contributed by atoms with Crippen molar-refractivity contribution in [3.63, 3.8) is 0 Å². The van der Waals surface area contributed by atoms with Crippen LogP contribution in [0.25, 0.3) is 16.6 Å². The lowest BCUT2D eigenvalue weighted by Gasteiger charge is -2.26. The molecule has 0 fully saturated rings. The van der Waals surface area contributed by atoms with Crippen LogP contribution in [-0.4, -0.2) is 26.4 Å². The zero-order valence-corrected chi connectivity index (χ0v) is 13.5. The van der Waals surface area contributed by atoms with Crippen molar-refractivity contribution in [2.75, 3.05) is 6.54 Å². The van der Waals surface area contributed by atoms with Gasteiger partial charge in [-0.15, -0.1) is 0 Å². The molecule has 2 heterocycles. The minimum atomic E-state index is 0.739. The van der Waals surface area contributed by atoms with Gasteiger partial charge in [-0.3, -0.25) is 4.98 Å². The first-order valence-electron chi connectivity index (χ1n) is 8.06. The molecule has 0 radical (unpaired) electrons. The molecule has 0 spiro atoms. The van der Waals surface area contributed by atoms with Gasteiger partial charge >= 0.3 is 0 Å². The van der Waals surface area contributed by atoms with Gasteiger partial charge in [0, 0.05) is 41.8 Å². The van der Waals surface area contributed by atoms with E-state index in [1.807, 2.05) is 36.7 Å². The van der Waals surface area contributed by atoms with Crippen LogP contribution >= 0.6 is 0 Å². The molecule has 4 nitrogen and oxygen atoms in total. The highest BCUT2D eigenvalue weighted by Crippen LogP contribution is 2.26. The van der Waals surface area contributed by atoms with Gasteiger partial charge in [0.25, 0.3) is 0 Å². The number of imidazole rings is 1. The quantitative estimate of drug-likeness (QED) is 0.710. The average Bonchev–Trinajstić information content (AvgIpc) is 3.10. The summed E-state index contributed by atoms with van der Waals surface area (Å²) in [4.78, 5) is 14.3. The number of nitrogens with zero attached hydrogens (tertiary/aromatic N) is 3. The summed E-state index contributed by atoms with van der Waals surface area (Å²) in [5, 5.41) is 1.14. The van der Waals surface area contributed by atoms with E-state index in [-0.39, 0.29) is 0 Å². The highest BCUT2D eigenvalue weighted by molar-refractivity contribution is 5.90. The number of aromatic amines is 1. The van der Waals surface area contributed by atoms with Crippen LogP contribution in [0.3, 0.4) is 0 Å². The molecule has 2 aromatic heterocycles. The molecule has 118 valence electrons. The number of nitrogens with one attached hydrogen (secondary N) is 1. The van der Waals surface area contributed by atoms with Gasteiger partial charge in [0.15, 0.2) is 0 Å². The normalized spacial score (nSPS) is 10.8. The molecule has 3 aromatic rings. The standard InChI is InChI=1S/C19H22N4/c1-3-4-13-23(14-19-21-11-12-22-19)15(2)16-9-10-20-18-8-6-5-7-17(16)18/h5-12H,2-4,13-14H2,1H3,(H,21,22). The molecular formula is C19H22N4. The van der Waals surface area contributed by atoms with E-state index in [9.17, 15) is 0 Å². The molecule has 0 aliphatic carbocycles. The maximum absolute atomic E-state index is 4.44. The van der Waals surface area contributed by atoms with Gasteiger partial charge in [0.05, 0.1) is 12.1 Å². The molecule has 0 saturated carbocycles. The first-order valence-corrected chi connectivity index (χ1v) is 8.06. The third kappa shape index (κ3) is 3.42. The molecule has 0 saturated heterocycles. The molecule has 0 amide bonds. The Kier molecular flexibility index (Phi) is 4.71. The maximum Gasteiger partial charge on any atom is 0.125 e. The van der Waals surface area contributed by atoms with Crippen molar-refractivity contribution in [2.24, 2.45) is 0 Å². The molecule has 0 aliphatic heterocycles. The molecule has 0 unspecified atom stereocenters. The number of H-pyrrole nitrogens is 1. The van der Waals surface area contributed by atoms with E-state index in [1.54, 1.807) is 6.20 Å². The van der Waals surface area contributed by atoms with Crippen LogP contribution < -0.4 is 0 Å². The Morgan fingerprint density at radius 3 is 2.83 bits per heavy atom. The van der Waals surface area contributed by atoms with Crippen LogP contribution in [0.15, 0.2) is 55.5 Å². The Labute approximate surface area is 136 Å². The molecule has 0 bridgehead atoms. The van der Waals surface area contributed by atoms with E-state index in [0.29, 0.717) is 0 Å². The second-order valence-electron chi connectivity index (χ2n) is 5.63. The van der Waals surface area contributed by atoms with Crippen molar-refractivity contribution in [1.82, 2.24) is 19.9 Å². The van der Waals surface area contributed by atoms with Crippen LogP contribution in [0, 0.1) is 0 Å². The van der Waals surface area contributed by atoms with E-state index in [4.69, 9.17) is 0 Å². The fourth-order valence-electron chi connectivity index (χ4n) is 2.74. The van der Waals surface area contributed by atoms with Crippen LogP contribution in [0.5, 0.6) is 0 Å². The lowest BCUT2D eigenvalue weighted by molar-refractivity contribution is 0.374. The minimum absolute atomic E-state index is 0.739. The Bertz CT molecular complexity index is 772. The number of hydrogen-bond acceptors (Lipinski definition) is 3. The van der Waals surface area contributed by atoms with E-state index in [2.05, 4.69) is 39.4 Å². The molecule has 1 aromatic carbocycles. The third-order valence-electron chi connectivity index (χ3n) is 4.02. The lowest BCUT2D eigenvalue weighted by atomic mass is 10.1. The van der Waals surface area contributed by atoms with E-state index in [1.165, 1.54) is 0 Å². The number of para-hydroxylation sites is 1. The summed E-state index contributed by atoms with van der Waals surface area (Å²) in [7, 11) is 0. The zero-order valence-electron chi connectivity index (χ0n) is 13.5. The Morgan fingerprint density at radius 2 is 2.04 bits per heavy atom. The van der Waals surface area contributed by atoms with Crippen LogP contribution in [0.4, 0.5) is 0 Å². The highest BCUT2D eigenvalue weighted by atomic mass is 15.2. The van der Waals surface area contributed by atoms with Gasteiger partial charge in [-0.1, -0.05) is 38.1 Å². The summed E-state index contributed by atoms with van der Waals surface area (Å²) in [5.41, 5.74) is 3.16. The van der Waals surface area contributed by atoms with Gasteiger partial charge in [-0.2, -0.15) is 0 Å². The number of aromatic nitrogens is 3. The van der Waals surface area contributed by atoms with Crippen molar-refractivity contribution in [2.45, 2.75) is 26.3 Å². The van der Waals surface area contributed by atoms with Gasteiger partial charge in [0.1, 0.15) is 5.82 Å². The fourth-order valence-corrected chi connectivity index (χ4v) is 2.74. The van der Waals surface area contributed by atoms with Gasteiger partial charge in [0.2, 0.25) is 0 Å². The molecule has 23 heavy (non-hydrogen) atoms. The second-order valence-corrected chi connectivity index (χ2v) is 5.63. The smallest absolute Gasteiger partial charge is 0.125 e. The molecule has 1 N–H and O–H groups in total. The summed E-state index contributed by atoms with van der Waals surface area (Å²) in [6.45, 7) is 8.27. The van der Waals surface area contributed by atoms with Crippen LogP contribution in [0.1, 0.15) is 31.2 Å². The second kappa shape index (κ2) is 7.09. The lowest BCUT2D eigenvalue weighted by Crippen LogP contribution is -2.23. The SMILES string of the molecule is C=C(c1ccnc2ccccc12)N(CCCC)Cc1ncc[nH]1. The summed E-state index contributed by atoms with van der Waals surface area (Å²) in [5.74, 6) is 0.959. The number of pyridine rings is 1. The van der Waals surface area contributed by atoms with Gasteiger partial charge in [-0.25, -0.2) is 4.98 Å². The van der Waals surface area contributed by atoms with Crippen molar-refractivity contribution in [3.05, 3.63) is 66.9 Å². The van der Waals surface area contributed by atoms with E-state index < -0.39 is 0 Å². The predicted molar refractivity (Wildman–Crippen MR) is 94.7 cm³/mol. The zero-order chi connectivity index (χ0) is 16.1. The van der Waals surface area contributed by atoms with Crippen molar-refractivity contribution in [1.29, 1.82) is 0 Å². The van der Waals surface area contributed by atoms with Gasteiger partial charge in [-0.05, 0) is 18.6 Å². The van der Waals surface area contributed by atoms with E-state index >= 15 is 0 Å². The first kappa shape index (κ1) is 15.3. The number of fused-ring (bicyclic) bond motifs is 1. The summed E-state index contributed by atoms with van der Waals surface area (Å²) >= 11 is 0. The topological polar surface area (TPSA) is 44.8 Å². The van der Waals surface area contributed by atoms with Crippen LogP contribution in [0.2, 0.25) is 0 Å².